The lowest BCUT2D eigenvalue weighted by atomic mass is 9.95. The fraction of sp³-hybridized carbons (Fsp3) is 0. The predicted octanol–water partition coefficient (Wildman–Crippen LogP) is 11.8. The van der Waals surface area contributed by atoms with Crippen molar-refractivity contribution in [3.63, 3.8) is 0 Å². The summed E-state index contributed by atoms with van der Waals surface area (Å²) in [6.07, 6.45) is 3.53. The van der Waals surface area contributed by atoms with Gasteiger partial charge in [-0.1, -0.05) is 72.8 Å². The Morgan fingerprint density at radius 1 is 0.346 bits per heavy atom. The average Bonchev–Trinajstić information content (AvgIpc) is 3.17. The molecule has 0 aliphatic heterocycles. The number of pyridine rings is 2. The maximum absolute atomic E-state index is 14.6. The molecular weight excluding hydrogens is 698 g/mol. The molecule has 0 saturated carbocycles. The molecule has 0 unspecified atom stereocenters. The molecule has 52 heavy (non-hydrogen) atoms. The summed E-state index contributed by atoms with van der Waals surface area (Å²) in [5.74, 6) is -21.3. The highest BCUT2D eigenvalue weighted by Crippen LogP contribution is 2.37. The third-order valence-corrected chi connectivity index (χ3v) is 8.30. The lowest BCUT2D eigenvalue weighted by Gasteiger charge is -2.14. The highest BCUT2D eigenvalue weighted by Gasteiger charge is 2.26. The Morgan fingerprint density at radius 3 is 0.981 bits per heavy atom. The molecule has 0 aliphatic rings. The van der Waals surface area contributed by atoms with Crippen LogP contribution in [-0.4, -0.2) is 9.97 Å². The van der Waals surface area contributed by atoms with Gasteiger partial charge in [0, 0.05) is 10.8 Å². The van der Waals surface area contributed by atoms with Gasteiger partial charge in [-0.2, -0.15) is 0 Å². The molecule has 7 rings (SSSR count). The molecule has 0 atom stereocenters. The predicted molar refractivity (Wildman–Crippen MR) is 178 cm³/mol. The van der Waals surface area contributed by atoms with Crippen LogP contribution in [0, 0.1) is 58.2 Å². The van der Waals surface area contributed by atoms with Gasteiger partial charge < -0.3 is 0 Å². The Kier molecular flexibility index (Phi) is 8.83. The summed E-state index contributed by atoms with van der Waals surface area (Å²) in [4.78, 5) is 9.28. The van der Waals surface area contributed by atoms with Crippen LogP contribution >= 0.6 is 0 Å². The average molecular weight is 717 g/mol. The molecule has 0 saturated heterocycles. The van der Waals surface area contributed by atoms with Gasteiger partial charge in [-0.05, 0) is 58.7 Å². The number of benzene rings is 5. The standard InChI is InChI=1S/C40H18F10N2/c41-29-25(30(42)34(46)37(49)33(29)45)13-11-21-17-27(19-7-3-1-4-8-19)23-15-16-24-28(20-9-5-2-6-10-20)18-22(52-40(24)39(23)51-21)12-14-26-31(43)35(47)38(50)36(48)32(26)44/h1-18H/b13-11+,14-12+. The van der Waals surface area contributed by atoms with Crippen molar-refractivity contribution in [1.29, 1.82) is 0 Å². The maximum atomic E-state index is 14.6. The molecule has 0 N–H and O–H groups in total. The van der Waals surface area contributed by atoms with Gasteiger partial charge in [-0.25, -0.2) is 53.9 Å². The van der Waals surface area contributed by atoms with Crippen molar-refractivity contribution in [2.45, 2.75) is 0 Å². The summed E-state index contributed by atoms with van der Waals surface area (Å²) in [6, 6.07) is 24.2. The van der Waals surface area contributed by atoms with Gasteiger partial charge in [0.15, 0.2) is 46.5 Å². The van der Waals surface area contributed by atoms with Crippen LogP contribution < -0.4 is 0 Å². The molecule has 2 heterocycles. The highest BCUT2D eigenvalue weighted by molar-refractivity contribution is 6.12. The summed E-state index contributed by atoms with van der Waals surface area (Å²) in [7, 11) is 0. The first kappa shape index (κ1) is 34.2. The van der Waals surface area contributed by atoms with E-state index in [4.69, 9.17) is 0 Å². The van der Waals surface area contributed by atoms with Crippen LogP contribution in [0.15, 0.2) is 84.9 Å². The van der Waals surface area contributed by atoms with E-state index in [9.17, 15) is 43.9 Å². The minimum absolute atomic E-state index is 0.0215. The molecule has 2 nitrogen and oxygen atoms in total. The van der Waals surface area contributed by atoms with Crippen molar-refractivity contribution >= 4 is 46.1 Å². The van der Waals surface area contributed by atoms with Crippen molar-refractivity contribution in [3.8, 4) is 22.3 Å². The van der Waals surface area contributed by atoms with E-state index in [2.05, 4.69) is 9.97 Å². The van der Waals surface area contributed by atoms with Gasteiger partial charge in [0.25, 0.3) is 0 Å². The fourth-order valence-electron chi connectivity index (χ4n) is 5.77. The molecule has 0 radical (unpaired) electrons. The van der Waals surface area contributed by atoms with E-state index >= 15 is 0 Å². The van der Waals surface area contributed by atoms with Gasteiger partial charge in [0.2, 0.25) is 11.6 Å². The first-order valence-electron chi connectivity index (χ1n) is 15.2. The zero-order valence-electron chi connectivity index (χ0n) is 26.1. The van der Waals surface area contributed by atoms with Crippen LogP contribution in [0.3, 0.4) is 0 Å². The largest absolute Gasteiger partial charge is 0.246 e. The Labute approximate surface area is 287 Å². The van der Waals surface area contributed by atoms with Crippen LogP contribution in [0.1, 0.15) is 22.5 Å². The number of fused-ring (bicyclic) bond motifs is 3. The van der Waals surface area contributed by atoms with Crippen molar-refractivity contribution < 1.29 is 43.9 Å². The normalized spacial score (nSPS) is 11.9. The lowest BCUT2D eigenvalue weighted by Crippen LogP contribution is -2.04. The van der Waals surface area contributed by atoms with E-state index in [1.807, 2.05) is 0 Å². The first-order valence-corrected chi connectivity index (χ1v) is 15.2. The third-order valence-electron chi connectivity index (χ3n) is 8.30. The summed E-state index contributed by atoms with van der Waals surface area (Å²) in [5.41, 5.74) is 0.437. The van der Waals surface area contributed by atoms with Crippen molar-refractivity contribution in [2.75, 3.05) is 0 Å². The van der Waals surface area contributed by atoms with E-state index in [1.165, 1.54) is 12.1 Å². The summed E-state index contributed by atoms with van der Waals surface area (Å²) >= 11 is 0. The van der Waals surface area contributed by atoms with Crippen LogP contribution in [0.2, 0.25) is 0 Å². The van der Waals surface area contributed by atoms with E-state index < -0.39 is 69.3 Å². The minimum atomic E-state index is -2.31. The molecule has 0 amide bonds. The van der Waals surface area contributed by atoms with Crippen LogP contribution in [0.4, 0.5) is 43.9 Å². The van der Waals surface area contributed by atoms with E-state index in [-0.39, 0.29) is 22.4 Å². The summed E-state index contributed by atoms with van der Waals surface area (Å²) in [6.45, 7) is 0. The second-order valence-electron chi connectivity index (χ2n) is 11.4. The van der Waals surface area contributed by atoms with E-state index in [1.54, 1.807) is 72.8 Å². The molecule has 5 aromatic carbocycles. The molecule has 258 valence electrons. The molecule has 0 spiro atoms. The first-order chi connectivity index (χ1) is 25.0. The molecule has 7 aromatic rings. The third kappa shape index (κ3) is 5.85. The molecule has 0 fully saturated rings. The van der Waals surface area contributed by atoms with Gasteiger partial charge in [0.1, 0.15) is 0 Å². The second-order valence-corrected chi connectivity index (χ2v) is 11.4. The topological polar surface area (TPSA) is 25.8 Å². The monoisotopic (exact) mass is 716 g/mol. The molecule has 0 bridgehead atoms. The highest BCUT2D eigenvalue weighted by atomic mass is 19.2. The Hall–Kier alpha value is -6.30. The molecular formula is C40H18F10N2. The summed E-state index contributed by atoms with van der Waals surface area (Å²) < 4.78 is 141. The van der Waals surface area contributed by atoms with Crippen molar-refractivity contribution in [1.82, 2.24) is 9.97 Å². The maximum Gasteiger partial charge on any atom is 0.200 e. The fourth-order valence-corrected chi connectivity index (χ4v) is 5.77. The Bertz CT molecular complexity index is 2380. The molecule has 0 aliphatic carbocycles. The smallest absolute Gasteiger partial charge is 0.200 e. The number of rotatable bonds is 6. The minimum Gasteiger partial charge on any atom is -0.246 e. The number of hydrogen-bond acceptors (Lipinski definition) is 2. The van der Waals surface area contributed by atoms with Crippen molar-refractivity contribution in [2.24, 2.45) is 0 Å². The van der Waals surface area contributed by atoms with Gasteiger partial charge in [-0.3, -0.25) is 0 Å². The molecule has 12 heteroatoms. The quantitative estimate of drug-likeness (QED) is 0.0741. The van der Waals surface area contributed by atoms with Gasteiger partial charge in [0.05, 0.1) is 33.5 Å². The lowest BCUT2D eigenvalue weighted by molar-refractivity contribution is 0.377. The number of nitrogens with zero attached hydrogens (tertiary/aromatic N) is 2. The van der Waals surface area contributed by atoms with Crippen LogP contribution in [0.5, 0.6) is 0 Å². The zero-order valence-corrected chi connectivity index (χ0v) is 26.1. The van der Waals surface area contributed by atoms with Gasteiger partial charge >= 0.3 is 0 Å². The Morgan fingerprint density at radius 2 is 0.654 bits per heavy atom. The number of halogens is 10. The number of aromatic nitrogens is 2. The number of hydrogen-bond donors (Lipinski definition) is 0. The van der Waals surface area contributed by atoms with Crippen molar-refractivity contribution in [3.05, 3.63) is 166 Å². The Balaban J connectivity index is 1.51. The van der Waals surface area contributed by atoms with E-state index in [0.29, 0.717) is 45.2 Å². The van der Waals surface area contributed by atoms with Crippen LogP contribution in [-0.2, 0) is 0 Å². The second kappa shape index (κ2) is 13.4. The van der Waals surface area contributed by atoms with Crippen LogP contribution in [0.25, 0.3) is 68.4 Å². The van der Waals surface area contributed by atoms with E-state index in [0.717, 1.165) is 12.2 Å². The van der Waals surface area contributed by atoms with Gasteiger partial charge in [-0.15, -0.1) is 0 Å². The SMILES string of the molecule is Fc1c(F)c(F)c(/C=C/c2cc(-c3ccccc3)c3ccc4c(-c5ccccc5)cc(/C=C/c5c(F)c(F)c(F)c(F)c5F)nc4c3n2)c(F)c1F. The zero-order chi connectivity index (χ0) is 36.8. The molecule has 2 aromatic heterocycles. The summed E-state index contributed by atoms with van der Waals surface area (Å²) in [5, 5.41) is 1.03.